The Morgan fingerprint density at radius 1 is 1.04 bits per heavy atom. The van der Waals surface area contributed by atoms with Crippen molar-refractivity contribution in [2.24, 2.45) is 0 Å². The second-order valence-electron chi connectivity index (χ2n) is 5.63. The second kappa shape index (κ2) is 9.13. The molecule has 1 unspecified atom stereocenters. The van der Waals surface area contributed by atoms with Crippen molar-refractivity contribution in [1.82, 2.24) is 5.32 Å². The molecule has 0 aliphatic rings. The van der Waals surface area contributed by atoms with Gasteiger partial charge in [0.1, 0.15) is 11.5 Å². The normalized spacial score (nSPS) is 11.5. The van der Waals surface area contributed by atoms with Gasteiger partial charge in [0.2, 0.25) is 0 Å². The van der Waals surface area contributed by atoms with E-state index in [9.17, 15) is 0 Å². The number of anilines is 1. The molecule has 2 N–H and O–H groups in total. The summed E-state index contributed by atoms with van der Waals surface area (Å²) in [5.74, 6) is 1.44. The summed E-state index contributed by atoms with van der Waals surface area (Å²) in [5.41, 5.74) is 2.17. The maximum Gasteiger partial charge on any atom is 0.170 e. The smallest absolute Gasteiger partial charge is 0.170 e. The van der Waals surface area contributed by atoms with E-state index in [1.54, 1.807) is 14.2 Å². The monoisotopic (exact) mass is 344 g/mol. The largest absolute Gasteiger partial charge is 0.497 e. The summed E-state index contributed by atoms with van der Waals surface area (Å²) >= 11 is 5.40. The second-order valence-corrected chi connectivity index (χ2v) is 6.03. The topological polar surface area (TPSA) is 42.5 Å². The average Bonchev–Trinajstić information content (AvgIpc) is 2.60. The van der Waals surface area contributed by atoms with Gasteiger partial charge in [-0.15, -0.1) is 0 Å². The molecule has 4 nitrogen and oxygen atoms in total. The third-order valence-corrected chi connectivity index (χ3v) is 3.92. The van der Waals surface area contributed by atoms with Crippen molar-refractivity contribution in [3.63, 3.8) is 0 Å². The van der Waals surface area contributed by atoms with Crippen LogP contribution in [-0.2, 0) is 6.42 Å². The van der Waals surface area contributed by atoms with Gasteiger partial charge in [-0.3, -0.25) is 0 Å². The molecule has 1 atom stereocenters. The van der Waals surface area contributed by atoms with Crippen molar-refractivity contribution in [2.75, 3.05) is 19.5 Å². The zero-order chi connectivity index (χ0) is 17.4. The minimum Gasteiger partial charge on any atom is -0.497 e. The van der Waals surface area contributed by atoms with Gasteiger partial charge in [-0.1, -0.05) is 30.3 Å². The predicted octanol–water partition coefficient (Wildman–Crippen LogP) is 4.01. The van der Waals surface area contributed by atoms with E-state index in [0.29, 0.717) is 5.11 Å². The van der Waals surface area contributed by atoms with E-state index in [0.717, 1.165) is 30.0 Å². The minimum absolute atomic E-state index is 0.276. The number of nitrogens with one attached hydrogen (secondary N) is 2. The molecule has 0 amide bonds. The SMILES string of the molecule is COc1cc(NC(=S)NC(C)CCc2ccccc2)cc(OC)c1. The maximum absolute atomic E-state index is 5.40. The van der Waals surface area contributed by atoms with Crippen LogP contribution in [0.3, 0.4) is 0 Å². The van der Waals surface area contributed by atoms with Crippen LogP contribution < -0.4 is 20.1 Å². The first-order chi connectivity index (χ1) is 11.6. The van der Waals surface area contributed by atoms with Gasteiger partial charge >= 0.3 is 0 Å². The maximum atomic E-state index is 5.40. The lowest BCUT2D eigenvalue weighted by Gasteiger charge is -2.17. The van der Waals surface area contributed by atoms with E-state index in [-0.39, 0.29) is 6.04 Å². The summed E-state index contributed by atoms with van der Waals surface area (Å²) < 4.78 is 10.5. The number of hydrogen-bond donors (Lipinski definition) is 2. The Bertz CT molecular complexity index is 639. The first-order valence-electron chi connectivity index (χ1n) is 7.95. The van der Waals surface area contributed by atoms with Gasteiger partial charge in [-0.05, 0) is 37.5 Å². The summed E-state index contributed by atoms with van der Waals surface area (Å²) in [6, 6.07) is 16.3. The summed E-state index contributed by atoms with van der Waals surface area (Å²) in [6.07, 6.45) is 2.03. The summed E-state index contributed by atoms with van der Waals surface area (Å²) in [7, 11) is 3.25. The van der Waals surface area contributed by atoms with Gasteiger partial charge in [-0.25, -0.2) is 0 Å². The van der Waals surface area contributed by atoms with E-state index in [2.05, 4.69) is 41.8 Å². The first-order valence-corrected chi connectivity index (χ1v) is 8.36. The summed E-state index contributed by atoms with van der Waals surface area (Å²) in [5, 5.41) is 7.08. The molecule has 0 saturated heterocycles. The predicted molar refractivity (Wildman–Crippen MR) is 103 cm³/mol. The van der Waals surface area contributed by atoms with E-state index >= 15 is 0 Å². The van der Waals surface area contributed by atoms with Crippen LogP contribution in [0.1, 0.15) is 18.9 Å². The van der Waals surface area contributed by atoms with Gasteiger partial charge in [-0.2, -0.15) is 0 Å². The molecule has 2 aromatic carbocycles. The highest BCUT2D eigenvalue weighted by atomic mass is 32.1. The molecule has 0 aromatic heterocycles. The molecule has 2 rings (SSSR count). The Morgan fingerprint density at radius 2 is 1.67 bits per heavy atom. The Kier molecular flexibility index (Phi) is 6.88. The van der Waals surface area contributed by atoms with Crippen molar-refractivity contribution >= 4 is 23.0 Å². The van der Waals surface area contributed by atoms with Crippen LogP contribution in [0, 0.1) is 0 Å². The van der Waals surface area contributed by atoms with Crippen molar-refractivity contribution in [2.45, 2.75) is 25.8 Å². The van der Waals surface area contributed by atoms with E-state index < -0.39 is 0 Å². The van der Waals surface area contributed by atoms with Crippen LogP contribution in [0.4, 0.5) is 5.69 Å². The quantitative estimate of drug-likeness (QED) is 0.743. The third-order valence-electron chi connectivity index (χ3n) is 3.70. The number of methoxy groups -OCH3 is 2. The lowest BCUT2D eigenvalue weighted by molar-refractivity contribution is 0.395. The van der Waals surface area contributed by atoms with Crippen LogP contribution in [-0.4, -0.2) is 25.4 Å². The molecule has 0 saturated carbocycles. The van der Waals surface area contributed by atoms with Crippen molar-refractivity contribution in [3.05, 3.63) is 54.1 Å². The van der Waals surface area contributed by atoms with Crippen LogP contribution in [0.2, 0.25) is 0 Å². The van der Waals surface area contributed by atoms with Crippen molar-refractivity contribution < 1.29 is 9.47 Å². The summed E-state index contributed by atoms with van der Waals surface area (Å²) in [4.78, 5) is 0. The number of benzene rings is 2. The molecule has 0 aliphatic heterocycles. The fourth-order valence-electron chi connectivity index (χ4n) is 2.37. The molecule has 2 aromatic rings. The molecule has 0 aliphatic carbocycles. The molecule has 0 bridgehead atoms. The zero-order valence-corrected chi connectivity index (χ0v) is 15.2. The Morgan fingerprint density at radius 3 is 2.25 bits per heavy atom. The first kappa shape index (κ1) is 18.1. The molecule has 0 fully saturated rings. The molecule has 128 valence electrons. The Hall–Kier alpha value is -2.27. The molecule has 5 heteroatoms. The molecular weight excluding hydrogens is 320 g/mol. The summed E-state index contributed by atoms with van der Waals surface area (Å²) in [6.45, 7) is 2.13. The molecular formula is C19H24N2O2S. The highest BCUT2D eigenvalue weighted by Gasteiger charge is 2.07. The lowest BCUT2D eigenvalue weighted by Crippen LogP contribution is -2.36. The number of rotatable bonds is 7. The number of hydrogen-bond acceptors (Lipinski definition) is 3. The Labute approximate surface area is 149 Å². The standard InChI is InChI=1S/C19H24N2O2S/c1-14(9-10-15-7-5-4-6-8-15)20-19(24)21-16-11-17(22-2)13-18(12-16)23-3/h4-8,11-14H,9-10H2,1-3H3,(H2,20,21,24). The molecule has 0 heterocycles. The fourth-order valence-corrected chi connectivity index (χ4v) is 2.69. The molecule has 24 heavy (non-hydrogen) atoms. The third kappa shape index (κ3) is 5.74. The zero-order valence-electron chi connectivity index (χ0n) is 14.3. The van der Waals surface area contributed by atoms with Gasteiger partial charge in [0, 0.05) is 29.9 Å². The number of aryl methyl sites for hydroxylation is 1. The van der Waals surface area contributed by atoms with Crippen molar-refractivity contribution in [1.29, 1.82) is 0 Å². The average molecular weight is 344 g/mol. The molecule has 0 radical (unpaired) electrons. The van der Waals surface area contributed by atoms with Gasteiger partial charge in [0.15, 0.2) is 5.11 Å². The van der Waals surface area contributed by atoms with Crippen LogP contribution in [0.15, 0.2) is 48.5 Å². The highest BCUT2D eigenvalue weighted by Crippen LogP contribution is 2.25. The van der Waals surface area contributed by atoms with Crippen LogP contribution >= 0.6 is 12.2 Å². The highest BCUT2D eigenvalue weighted by molar-refractivity contribution is 7.80. The van der Waals surface area contributed by atoms with Crippen LogP contribution in [0.25, 0.3) is 0 Å². The van der Waals surface area contributed by atoms with E-state index in [1.165, 1.54) is 5.56 Å². The Balaban J connectivity index is 1.86. The van der Waals surface area contributed by atoms with Gasteiger partial charge < -0.3 is 20.1 Å². The lowest BCUT2D eigenvalue weighted by atomic mass is 10.1. The number of thiocarbonyl (C=S) groups is 1. The van der Waals surface area contributed by atoms with Crippen LogP contribution in [0.5, 0.6) is 11.5 Å². The van der Waals surface area contributed by atoms with Gasteiger partial charge in [0.05, 0.1) is 14.2 Å². The van der Waals surface area contributed by atoms with E-state index in [1.807, 2.05) is 24.3 Å². The molecule has 0 spiro atoms. The van der Waals surface area contributed by atoms with E-state index in [4.69, 9.17) is 21.7 Å². The van der Waals surface area contributed by atoms with Gasteiger partial charge in [0.25, 0.3) is 0 Å². The van der Waals surface area contributed by atoms with Crippen molar-refractivity contribution in [3.8, 4) is 11.5 Å². The number of ether oxygens (including phenoxy) is 2. The fraction of sp³-hybridized carbons (Fsp3) is 0.316. The minimum atomic E-state index is 0.276.